The number of carbonyl (C=O) groups is 2. The Bertz CT molecular complexity index is 816. The Hall–Kier alpha value is -1.97. The maximum absolute atomic E-state index is 11.8. The summed E-state index contributed by atoms with van der Waals surface area (Å²) < 4.78 is 0.951. The minimum Gasteiger partial charge on any atom is -0.333 e. The summed E-state index contributed by atoms with van der Waals surface area (Å²) in [7, 11) is 0. The minimum absolute atomic E-state index is 0.121. The number of thioether (sulfide) groups is 1. The van der Waals surface area contributed by atoms with Crippen molar-refractivity contribution in [3.63, 3.8) is 0 Å². The number of rotatable bonds is 5. The van der Waals surface area contributed by atoms with E-state index in [4.69, 9.17) is 0 Å². The molecule has 23 heavy (non-hydrogen) atoms. The molecule has 3 aromatic heterocycles. The first-order chi connectivity index (χ1) is 11.2. The smallest absolute Gasteiger partial charge is 0.321 e. The molecule has 6 nitrogen and oxygen atoms in total. The molecule has 0 aliphatic heterocycles. The zero-order valence-corrected chi connectivity index (χ0v) is 14.3. The van der Waals surface area contributed by atoms with E-state index in [-0.39, 0.29) is 11.7 Å². The molecule has 0 radical (unpaired) electrons. The second kappa shape index (κ2) is 7.53. The molecule has 0 saturated heterocycles. The first-order valence-electron chi connectivity index (χ1n) is 6.63. The van der Waals surface area contributed by atoms with Crippen LogP contribution in [0, 0.1) is 0 Å². The number of aromatic nitrogens is 2. The maximum atomic E-state index is 11.8. The van der Waals surface area contributed by atoms with E-state index < -0.39 is 6.03 Å². The lowest BCUT2D eigenvalue weighted by Gasteiger charge is -2.05. The van der Waals surface area contributed by atoms with Crippen molar-refractivity contribution in [2.24, 2.45) is 0 Å². The Labute approximate surface area is 144 Å². The molecule has 0 atom stereocenters. The minimum atomic E-state index is -0.493. The van der Waals surface area contributed by atoms with Crippen LogP contribution < -0.4 is 10.6 Å². The predicted molar refractivity (Wildman–Crippen MR) is 92.8 cm³/mol. The Balaban J connectivity index is 1.47. The van der Waals surface area contributed by atoms with E-state index in [9.17, 15) is 9.59 Å². The summed E-state index contributed by atoms with van der Waals surface area (Å²) in [5.41, 5.74) is 0.863. The SMILES string of the molecule is O=C(CSc1ncnc2ccsc12)NC(=O)NCc1cccs1. The van der Waals surface area contributed by atoms with Crippen molar-refractivity contribution in [3.8, 4) is 0 Å². The van der Waals surface area contributed by atoms with Crippen molar-refractivity contribution in [1.29, 1.82) is 0 Å². The number of amides is 3. The first-order valence-corrected chi connectivity index (χ1v) is 9.38. The summed E-state index contributed by atoms with van der Waals surface area (Å²) in [4.78, 5) is 32.9. The highest BCUT2D eigenvalue weighted by atomic mass is 32.2. The van der Waals surface area contributed by atoms with Crippen molar-refractivity contribution >= 4 is 56.6 Å². The lowest BCUT2D eigenvalue weighted by Crippen LogP contribution is -2.39. The Kier molecular flexibility index (Phi) is 5.21. The third-order valence-corrected chi connectivity index (χ3v) is 5.71. The molecule has 3 heterocycles. The molecule has 0 aromatic carbocycles. The Morgan fingerprint density at radius 3 is 2.91 bits per heavy atom. The Morgan fingerprint density at radius 2 is 2.09 bits per heavy atom. The fraction of sp³-hybridized carbons (Fsp3) is 0.143. The summed E-state index contributed by atoms with van der Waals surface area (Å²) in [5.74, 6) is -0.238. The number of urea groups is 1. The van der Waals surface area contributed by atoms with Crippen LogP contribution in [0.3, 0.4) is 0 Å². The van der Waals surface area contributed by atoms with Crippen LogP contribution in [0.1, 0.15) is 4.88 Å². The molecule has 0 fully saturated rings. The molecular formula is C14H12N4O2S3. The fourth-order valence-electron chi connectivity index (χ4n) is 1.79. The maximum Gasteiger partial charge on any atom is 0.321 e. The van der Waals surface area contributed by atoms with Gasteiger partial charge in [-0.05, 0) is 22.9 Å². The van der Waals surface area contributed by atoms with Gasteiger partial charge in [-0.3, -0.25) is 10.1 Å². The van der Waals surface area contributed by atoms with Crippen LogP contribution in [-0.4, -0.2) is 27.7 Å². The third-order valence-electron chi connectivity index (χ3n) is 2.81. The van der Waals surface area contributed by atoms with Gasteiger partial charge in [0.15, 0.2) is 0 Å². The zero-order valence-electron chi connectivity index (χ0n) is 11.8. The molecule has 118 valence electrons. The summed E-state index contributed by atoms with van der Waals surface area (Å²) in [5, 5.41) is 9.57. The van der Waals surface area contributed by atoms with Crippen LogP contribution in [-0.2, 0) is 11.3 Å². The quantitative estimate of drug-likeness (QED) is 0.537. The normalized spacial score (nSPS) is 10.6. The first kappa shape index (κ1) is 15.9. The molecule has 0 aliphatic carbocycles. The third kappa shape index (κ3) is 4.27. The summed E-state index contributed by atoms with van der Waals surface area (Å²) in [6.45, 7) is 0.408. The number of hydrogen-bond donors (Lipinski definition) is 2. The van der Waals surface area contributed by atoms with Crippen LogP contribution in [0.25, 0.3) is 10.2 Å². The van der Waals surface area contributed by atoms with E-state index in [1.165, 1.54) is 29.4 Å². The average molecular weight is 364 g/mol. The van der Waals surface area contributed by atoms with E-state index in [0.717, 1.165) is 20.1 Å². The summed E-state index contributed by atoms with van der Waals surface area (Å²) in [6.07, 6.45) is 1.48. The van der Waals surface area contributed by atoms with Crippen molar-refractivity contribution in [2.75, 3.05) is 5.75 Å². The largest absolute Gasteiger partial charge is 0.333 e. The second-order valence-corrected chi connectivity index (χ2v) is 7.33. The van der Waals surface area contributed by atoms with Crippen LogP contribution >= 0.6 is 34.4 Å². The van der Waals surface area contributed by atoms with Gasteiger partial charge in [0.2, 0.25) is 5.91 Å². The summed E-state index contributed by atoms with van der Waals surface area (Å²) >= 11 is 4.37. The van der Waals surface area contributed by atoms with Gasteiger partial charge in [-0.2, -0.15) is 0 Å². The Morgan fingerprint density at radius 1 is 1.17 bits per heavy atom. The van der Waals surface area contributed by atoms with E-state index in [1.54, 1.807) is 11.3 Å². The zero-order chi connectivity index (χ0) is 16.1. The van der Waals surface area contributed by atoms with Crippen LogP contribution in [0.5, 0.6) is 0 Å². The molecule has 3 aromatic rings. The molecule has 2 N–H and O–H groups in total. The molecule has 3 rings (SSSR count). The predicted octanol–water partition coefficient (Wildman–Crippen LogP) is 2.87. The average Bonchev–Trinajstić information content (AvgIpc) is 3.22. The molecule has 0 aliphatic rings. The molecular weight excluding hydrogens is 352 g/mol. The highest BCUT2D eigenvalue weighted by Gasteiger charge is 2.11. The number of imide groups is 1. The standard InChI is InChI=1S/C14H12N4O2S3/c19-11(18-14(20)15-6-9-2-1-4-21-9)7-23-13-12-10(3-5-22-12)16-8-17-13/h1-5,8H,6-7H2,(H2,15,18,19,20). The van der Waals surface area contributed by atoms with Gasteiger partial charge in [-0.1, -0.05) is 17.8 Å². The summed E-state index contributed by atoms with van der Waals surface area (Å²) in [6, 6.07) is 5.25. The van der Waals surface area contributed by atoms with Crippen molar-refractivity contribution < 1.29 is 9.59 Å². The van der Waals surface area contributed by atoms with Crippen molar-refractivity contribution in [2.45, 2.75) is 11.6 Å². The number of nitrogens with zero attached hydrogens (tertiary/aromatic N) is 2. The number of nitrogens with one attached hydrogen (secondary N) is 2. The highest BCUT2D eigenvalue weighted by molar-refractivity contribution is 8.00. The number of fused-ring (bicyclic) bond motifs is 1. The van der Waals surface area contributed by atoms with Gasteiger partial charge in [0, 0.05) is 4.88 Å². The van der Waals surface area contributed by atoms with Gasteiger partial charge in [0.25, 0.3) is 0 Å². The van der Waals surface area contributed by atoms with E-state index in [2.05, 4.69) is 20.6 Å². The van der Waals surface area contributed by atoms with Crippen LogP contribution in [0.4, 0.5) is 4.79 Å². The topological polar surface area (TPSA) is 84.0 Å². The van der Waals surface area contributed by atoms with Crippen molar-refractivity contribution in [3.05, 3.63) is 40.2 Å². The number of carbonyl (C=O) groups excluding carboxylic acids is 2. The van der Waals surface area contributed by atoms with Crippen LogP contribution in [0.2, 0.25) is 0 Å². The molecule has 0 unspecified atom stereocenters. The lowest BCUT2D eigenvalue weighted by atomic mass is 10.5. The van der Waals surface area contributed by atoms with Gasteiger partial charge in [-0.25, -0.2) is 14.8 Å². The van der Waals surface area contributed by atoms with E-state index in [0.29, 0.717) is 6.54 Å². The molecule has 3 amide bonds. The van der Waals surface area contributed by atoms with Gasteiger partial charge >= 0.3 is 6.03 Å². The fourth-order valence-corrected chi connectivity index (χ4v) is 4.18. The molecule has 0 spiro atoms. The van der Waals surface area contributed by atoms with E-state index in [1.807, 2.05) is 29.0 Å². The monoisotopic (exact) mass is 364 g/mol. The molecule has 0 bridgehead atoms. The second-order valence-electron chi connectivity index (χ2n) is 4.41. The van der Waals surface area contributed by atoms with Crippen LogP contribution in [0.15, 0.2) is 40.3 Å². The lowest BCUT2D eigenvalue weighted by molar-refractivity contribution is -0.117. The highest BCUT2D eigenvalue weighted by Crippen LogP contribution is 2.28. The van der Waals surface area contributed by atoms with E-state index >= 15 is 0 Å². The van der Waals surface area contributed by atoms with Crippen molar-refractivity contribution in [1.82, 2.24) is 20.6 Å². The van der Waals surface area contributed by atoms with Gasteiger partial charge in [0.05, 0.1) is 22.5 Å². The number of hydrogen-bond acceptors (Lipinski definition) is 7. The van der Waals surface area contributed by atoms with Gasteiger partial charge < -0.3 is 5.32 Å². The van der Waals surface area contributed by atoms with Gasteiger partial charge in [0.1, 0.15) is 11.4 Å². The molecule has 0 saturated carbocycles. The molecule has 9 heteroatoms. The van der Waals surface area contributed by atoms with Gasteiger partial charge in [-0.15, -0.1) is 22.7 Å². The number of thiophene rings is 2.